The van der Waals surface area contributed by atoms with Crippen LogP contribution in [0.5, 0.6) is 0 Å². The maximum atomic E-state index is 5.94. The van der Waals surface area contributed by atoms with E-state index in [4.69, 9.17) is 4.74 Å². The summed E-state index contributed by atoms with van der Waals surface area (Å²) in [5.74, 6) is 2.42. The molecule has 0 aromatic carbocycles. The molecule has 0 aromatic heterocycles. The molecule has 0 spiro atoms. The molecule has 2 nitrogen and oxygen atoms in total. The average molecular weight is 227 g/mol. The van der Waals surface area contributed by atoms with Crippen LogP contribution in [0.3, 0.4) is 0 Å². The molecular formula is C14H29NO. The Morgan fingerprint density at radius 3 is 2.31 bits per heavy atom. The zero-order chi connectivity index (χ0) is 12.0. The Hall–Kier alpha value is -0.0800. The highest BCUT2D eigenvalue weighted by molar-refractivity contribution is 4.75. The van der Waals surface area contributed by atoms with Crippen molar-refractivity contribution in [1.82, 2.24) is 5.32 Å². The molecule has 0 saturated heterocycles. The summed E-state index contributed by atoms with van der Waals surface area (Å²) in [6, 6.07) is 0. The monoisotopic (exact) mass is 227 g/mol. The Labute approximate surface area is 101 Å². The third-order valence-electron chi connectivity index (χ3n) is 3.32. The summed E-state index contributed by atoms with van der Waals surface area (Å²) in [7, 11) is 0. The van der Waals surface area contributed by atoms with Gasteiger partial charge in [-0.1, -0.05) is 27.7 Å². The van der Waals surface area contributed by atoms with Gasteiger partial charge in [0.15, 0.2) is 0 Å². The van der Waals surface area contributed by atoms with Gasteiger partial charge in [0.25, 0.3) is 0 Å². The fourth-order valence-corrected chi connectivity index (χ4v) is 2.70. The van der Waals surface area contributed by atoms with Crippen LogP contribution in [0.4, 0.5) is 0 Å². The van der Waals surface area contributed by atoms with Crippen molar-refractivity contribution in [1.29, 1.82) is 0 Å². The van der Waals surface area contributed by atoms with Crippen LogP contribution in [-0.4, -0.2) is 25.8 Å². The fourth-order valence-electron chi connectivity index (χ4n) is 2.70. The van der Waals surface area contributed by atoms with E-state index in [1.165, 1.54) is 19.3 Å². The lowest BCUT2D eigenvalue weighted by molar-refractivity contribution is 0.00260. The van der Waals surface area contributed by atoms with Crippen LogP contribution in [-0.2, 0) is 4.74 Å². The summed E-state index contributed by atoms with van der Waals surface area (Å²) < 4.78 is 5.94. The molecule has 0 aromatic rings. The van der Waals surface area contributed by atoms with Gasteiger partial charge in [0.1, 0.15) is 0 Å². The smallest absolute Gasteiger partial charge is 0.0594 e. The van der Waals surface area contributed by atoms with Crippen LogP contribution < -0.4 is 5.32 Å². The van der Waals surface area contributed by atoms with Gasteiger partial charge in [-0.15, -0.1) is 0 Å². The number of hydrogen-bond donors (Lipinski definition) is 1. The third-order valence-corrected chi connectivity index (χ3v) is 3.32. The molecule has 2 atom stereocenters. The highest BCUT2D eigenvalue weighted by Crippen LogP contribution is 2.30. The molecule has 16 heavy (non-hydrogen) atoms. The molecule has 1 aliphatic rings. The van der Waals surface area contributed by atoms with Gasteiger partial charge in [0, 0.05) is 6.54 Å². The first-order valence-electron chi connectivity index (χ1n) is 6.90. The first-order chi connectivity index (χ1) is 7.58. The van der Waals surface area contributed by atoms with E-state index < -0.39 is 0 Å². The van der Waals surface area contributed by atoms with Gasteiger partial charge in [-0.2, -0.15) is 0 Å². The largest absolute Gasteiger partial charge is 0.377 e. The second-order valence-electron chi connectivity index (χ2n) is 6.01. The van der Waals surface area contributed by atoms with E-state index in [1.807, 2.05) is 0 Å². The maximum absolute atomic E-state index is 5.94. The Bertz CT molecular complexity index is 172. The second kappa shape index (κ2) is 7.29. The van der Waals surface area contributed by atoms with Gasteiger partial charge >= 0.3 is 0 Å². The van der Waals surface area contributed by atoms with Crippen LogP contribution in [0.15, 0.2) is 0 Å². The number of rotatable bonds is 6. The van der Waals surface area contributed by atoms with Crippen molar-refractivity contribution >= 4 is 0 Å². The van der Waals surface area contributed by atoms with Gasteiger partial charge in [0.05, 0.1) is 12.7 Å². The number of nitrogens with one attached hydrogen (secondary N) is 1. The lowest BCUT2D eigenvalue weighted by Crippen LogP contribution is -2.30. The predicted octanol–water partition coefficient (Wildman–Crippen LogP) is 3.07. The average Bonchev–Trinajstić information content (AvgIpc) is 2.15. The van der Waals surface area contributed by atoms with Crippen molar-refractivity contribution in [2.75, 3.05) is 19.7 Å². The molecule has 1 N–H and O–H groups in total. The van der Waals surface area contributed by atoms with Crippen LogP contribution in [0.1, 0.15) is 47.0 Å². The van der Waals surface area contributed by atoms with Crippen LogP contribution in [0.25, 0.3) is 0 Å². The molecule has 0 heterocycles. The molecule has 0 bridgehead atoms. The Balaban J connectivity index is 2.04. The molecular weight excluding hydrogens is 198 g/mol. The van der Waals surface area contributed by atoms with E-state index in [0.29, 0.717) is 6.10 Å². The summed E-state index contributed by atoms with van der Waals surface area (Å²) in [4.78, 5) is 0. The van der Waals surface area contributed by atoms with Gasteiger partial charge in [-0.25, -0.2) is 0 Å². The lowest BCUT2D eigenvalue weighted by Gasteiger charge is -2.31. The van der Waals surface area contributed by atoms with Crippen LogP contribution in [0.2, 0.25) is 0 Å². The minimum Gasteiger partial charge on any atom is -0.377 e. The molecule has 1 saturated carbocycles. The molecule has 0 radical (unpaired) electrons. The van der Waals surface area contributed by atoms with E-state index in [0.717, 1.165) is 37.5 Å². The van der Waals surface area contributed by atoms with E-state index >= 15 is 0 Å². The Morgan fingerprint density at radius 2 is 1.75 bits per heavy atom. The van der Waals surface area contributed by atoms with Crippen LogP contribution in [0, 0.1) is 17.8 Å². The van der Waals surface area contributed by atoms with Crippen LogP contribution >= 0.6 is 0 Å². The van der Waals surface area contributed by atoms with Gasteiger partial charge in [-0.05, 0) is 43.6 Å². The van der Waals surface area contributed by atoms with E-state index in [9.17, 15) is 0 Å². The molecule has 1 fully saturated rings. The Morgan fingerprint density at radius 1 is 1.12 bits per heavy atom. The highest BCUT2D eigenvalue weighted by atomic mass is 16.5. The van der Waals surface area contributed by atoms with Gasteiger partial charge < -0.3 is 10.1 Å². The maximum Gasteiger partial charge on any atom is 0.0594 e. The molecule has 96 valence electrons. The number of hydrogen-bond acceptors (Lipinski definition) is 2. The van der Waals surface area contributed by atoms with Crippen molar-refractivity contribution in [2.24, 2.45) is 17.8 Å². The van der Waals surface area contributed by atoms with E-state index in [-0.39, 0.29) is 0 Å². The summed E-state index contributed by atoms with van der Waals surface area (Å²) in [6.45, 7) is 12.1. The molecule has 2 unspecified atom stereocenters. The molecule has 0 aliphatic heterocycles. The first-order valence-corrected chi connectivity index (χ1v) is 6.90. The second-order valence-corrected chi connectivity index (χ2v) is 6.01. The number of ether oxygens (including phenoxy) is 1. The van der Waals surface area contributed by atoms with Crippen molar-refractivity contribution < 1.29 is 4.74 Å². The minimum absolute atomic E-state index is 0.514. The zero-order valence-corrected chi connectivity index (χ0v) is 11.5. The molecule has 2 heteroatoms. The predicted molar refractivity (Wildman–Crippen MR) is 69.6 cm³/mol. The van der Waals surface area contributed by atoms with Crippen molar-refractivity contribution in [2.45, 2.75) is 53.1 Å². The third kappa shape index (κ3) is 5.86. The molecule has 1 rings (SSSR count). The topological polar surface area (TPSA) is 21.3 Å². The van der Waals surface area contributed by atoms with E-state index in [1.54, 1.807) is 0 Å². The summed E-state index contributed by atoms with van der Waals surface area (Å²) in [5, 5.41) is 3.42. The van der Waals surface area contributed by atoms with E-state index in [2.05, 4.69) is 33.0 Å². The van der Waals surface area contributed by atoms with Crippen molar-refractivity contribution in [3.63, 3.8) is 0 Å². The minimum atomic E-state index is 0.514. The van der Waals surface area contributed by atoms with Gasteiger partial charge in [0.2, 0.25) is 0 Å². The fraction of sp³-hybridized carbons (Fsp3) is 1.00. The quantitative estimate of drug-likeness (QED) is 0.704. The summed E-state index contributed by atoms with van der Waals surface area (Å²) in [6.07, 6.45) is 4.41. The van der Waals surface area contributed by atoms with Crippen molar-refractivity contribution in [3.05, 3.63) is 0 Å². The molecule has 1 aliphatic carbocycles. The zero-order valence-electron chi connectivity index (χ0n) is 11.5. The standard InChI is InChI=1S/C14H29NO/c1-11(2)10-15-5-6-16-14-8-12(3)7-13(4)9-14/h11-15H,5-10H2,1-4H3. The summed E-state index contributed by atoms with van der Waals surface area (Å²) >= 11 is 0. The lowest BCUT2D eigenvalue weighted by atomic mass is 9.82. The molecule has 0 amide bonds. The SMILES string of the molecule is CC(C)CNCCOC1CC(C)CC(C)C1. The Kier molecular flexibility index (Phi) is 6.37. The summed E-state index contributed by atoms with van der Waals surface area (Å²) in [5.41, 5.74) is 0. The normalized spacial score (nSPS) is 30.9. The first kappa shape index (κ1) is 14.0. The van der Waals surface area contributed by atoms with Crippen molar-refractivity contribution in [3.8, 4) is 0 Å². The van der Waals surface area contributed by atoms with Gasteiger partial charge in [-0.3, -0.25) is 0 Å². The highest BCUT2D eigenvalue weighted by Gasteiger charge is 2.23.